The molecule has 1 aromatic heterocycles. The Balaban J connectivity index is 0.00000169. The van der Waals surface area contributed by atoms with Crippen molar-refractivity contribution in [1.29, 1.82) is 0 Å². The van der Waals surface area contributed by atoms with Gasteiger partial charge in [0.1, 0.15) is 5.82 Å². The highest BCUT2D eigenvalue weighted by Gasteiger charge is 2.16. The highest BCUT2D eigenvalue weighted by Crippen LogP contribution is 2.21. The van der Waals surface area contributed by atoms with Gasteiger partial charge in [-0.3, -0.25) is 4.79 Å². The van der Waals surface area contributed by atoms with Crippen LogP contribution in [0.1, 0.15) is 51.4 Å². The molecule has 0 atom stereocenters. The molecule has 1 aromatic carbocycles. The van der Waals surface area contributed by atoms with Crippen LogP contribution in [0.5, 0.6) is 0 Å². The third-order valence-electron chi connectivity index (χ3n) is 4.87. The van der Waals surface area contributed by atoms with Crippen molar-refractivity contribution in [2.24, 2.45) is 5.92 Å². The van der Waals surface area contributed by atoms with Crippen LogP contribution in [0.15, 0.2) is 24.3 Å². The number of imidazole rings is 1. The minimum absolute atomic E-state index is 0. The number of carbonyl (C=O) groups excluding carboxylic acids is 1. The van der Waals surface area contributed by atoms with E-state index in [2.05, 4.69) is 35.1 Å². The van der Waals surface area contributed by atoms with Gasteiger partial charge in [0.2, 0.25) is 5.91 Å². The number of nitrogens with one attached hydrogen (secondary N) is 2. The predicted molar refractivity (Wildman–Crippen MR) is 111 cm³/mol. The van der Waals surface area contributed by atoms with Gasteiger partial charge in [0.25, 0.3) is 0 Å². The molecule has 7 heteroatoms. The number of aromatic nitrogens is 2. The number of para-hydroxylation sites is 2. The predicted octanol–water partition coefficient (Wildman–Crippen LogP) is 3.86. The molecular formula is C19H30Cl2N4O. The molecule has 1 aliphatic rings. The van der Waals surface area contributed by atoms with Crippen molar-refractivity contribution in [3.8, 4) is 0 Å². The molecule has 0 aliphatic carbocycles. The number of nitrogens with zero attached hydrogens (tertiary/aromatic N) is 2. The van der Waals surface area contributed by atoms with Crippen molar-refractivity contribution in [3.05, 3.63) is 30.1 Å². The summed E-state index contributed by atoms with van der Waals surface area (Å²) in [6, 6.07) is 8.46. The largest absolute Gasteiger partial charge is 0.349 e. The minimum atomic E-state index is 0. The molecule has 26 heavy (non-hydrogen) atoms. The molecule has 5 nitrogen and oxygen atoms in total. The van der Waals surface area contributed by atoms with Gasteiger partial charge >= 0.3 is 0 Å². The molecule has 1 amide bonds. The molecule has 0 bridgehead atoms. The Kier molecular flexibility index (Phi) is 9.41. The monoisotopic (exact) mass is 400 g/mol. The third kappa shape index (κ3) is 5.60. The van der Waals surface area contributed by atoms with E-state index >= 15 is 0 Å². The summed E-state index contributed by atoms with van der Waals surface area (Å²) in [7, 11) is 0. The van der Waals surface area contributed by atoms with Crippen LogP contribution in [0.4, 0.5) is 0 Å². The average Bonchev–Trinajstić information content (AvgIpc) is 2.97. The van der Waals surface area contributed by atoms with Gasteiger partial charge in [0.15, 0.2) is 0 Å². The van der Waals surface area contributed by atoms with Crippen LogP contribution in [-0.2, 0) is 11.3 Å². The van der Waals surface area contributed by atoms with Crippen molar-refractivity contribution < 1.29 is 4.79 Å². The summed E-state index contributed by atoms with van der Waals surface area (Å²) >= 11 is 0. The number of fused-ring (bicyclic) bond motifs is 1. The van der Waals surface area contributed by atoms with E-state index < -0.39 is 0 Å². The number of halogens is 2. The van der Waals surface area contributed by atoms with E-state index in [0.29, 0.717) is 24.9 Å². The summed E-state index contributed by atoms with van der Waals surface area (Å²) in [6.45, 7) is 6.97. The molecule has 0 saturated carbocycles. The zero-order valence-corrected chi connectivity index (χ0v) is 17.2. The molecule has 2 N–H and O–H groups in total. The first-order chi connectivity index (χ1) is 11.6. The Morgan fingerprint density at radius 3 is 2.65 bits per heavy atom. The lowest BCUT2D eigenvalue weighted by Gasteiger charge is -2.22. The van der Waals surface area contributed by atoms with Crippen LogP contribution in [-0.4, -0.2) is 28.5 Å². The average molecular weight is 401 g/mol. The number of carbonyl (C=O) groups is 1. The number of benzene rings is 1. The second-order valence-electron chi connectivity index (χ2n) is 6.99. The molecule has 3 rings (SSSR count). The Morgan fingerprint density at radius 1 is 1.27 bits per heavy atom. The van der Waals surface area contributed by atoms with Gasteiger partial charge in [-0.1, -0.05) is 12.1 Å². The van der Waals surface area contributed by atoms with Crippen LogP contribution >= 0.6 is 24.8 Å². The molecule has 1 aliphatic heterocycles. The number of amides is 1. The van der Waals surface area contributed by atoms with Crippen LogP contribution < -0.4 is 10.6 Å². The van der Waals surface area contributed by atoms with Crippen LogP contribution in [0.2, 0.25) is 0 Å². The fraction of sp³-hybridized carbons (Fsp3) is 0.579. The lowest BCUT2D eigenvalue weighted by Crippen LogP contribution is -2.29. The van der Waals surface area contributed by atoms with Crippen LogP contribution in [0.3, 0.4) is 0 Å². The molecule has 1 saturated heterocycles. The van der Waals surface area contributed by atoms with Gasteiger partial charge in [0.05, 0.1) is 17.6 Å². The topological polar surface area (TPSA) is 59.0 Å². The zero-order chi connectivity index (χ0) is 16.9. The maximum atomic E-state index is 12.2. The number of hydrogen-bond donors (Lipinski definition) is 2. The van der Waals surface area contributed by atoms with Gasteiger partial charge < -0.3 is 15.2 Å². The molecular weight excluding hydrogens is 371 g/mol. The van der Waals surface area contributed by atoms with Crippen molar-refractivity contribution in [3.63, 3.8) is 0 Å². The van der Waals surface area contributed by atoms with Crippen LogP contribution in [0.25, 0.3) is 11.0 Å². The Labute approximate surface area is 168 Å². The number of piperidine rings is 1. The van der Waals surface area contributed by atoms with E-state index in [9.17, 15) is 4.79 Å². The van der Waals surface area contributed by atoms with Crippen molar-refractivity contribution in [2.75, 3.05) is 13.1 Å². The van der Waals surface area contributed by atoms with E-state index in [1.807, 2.05) is 18.2 Å². The second-order valence-corrected chi connectivity index (χ2v) is 6.99. The molecule has 1 fully saturated rings. The van der Waals surface area contributed by atoms with E-state index in [-0.39, 0.29) is 30.7 Å². The van der Waals surface area contributed by atoms with Gasteiger partial charge in [-0.05, 0) is 64.3 Å². The minimum Gasteiger partial charge on any atom is -0.349 e. The van der Waals surface area contributed by atoms with Gasteiger partial charge in [-0.25, -0.2) is 4.98 Å². The lowest BCUT2D eigenvalue weighted by molar-refractivity contribution is -0.121. The lowest BCUT2D eigenvalue weighted by atomic mass is 9.93. The Bertz CT molecular complexity index is 696. The van der Waals surface area contributed by atoms with E-state index in [1.165, 1.54) is 12.8 Å². The number of rotatable bonds is 6. The zero-order valence-electron chi connectivity index (χ0n) is 15.5. The fourth-order valence-corrected chi connectivity index (χ4v) is 3.57. The second kappa shape index (κ2) is 10.8. The summed E-state index contributed by atoms with van der Waals surface area (Å²) in [5.41, 5.74) is 2.12. The van der Waals surface area contributed by atoms with E-state index in [4.69, 9.17) is 4.98 Å². The molecule has 2 heterocycles. The Hall–Kier alpha value is -1.30. The van der Waals surface area contributed by atoms with E-state index in [1.54, 1.807) is 0 Å². The maximum Gasteiger partial charge on any atom is 0.220 e. The fourth-order valence-electron chi connectivity index (χ4n) is 3.57. The maximum absolute atomic E-state index is 12.2. The van der Waals surface area contributed by atoms with Crippen LogP contribution in [0, 0.1) is 5.92 Å². The summed E-state index contributed by atoms with van der Waals surface area (Å²) < 4.78 is 2.21. The van der Waals surface area contributed by atoms with Crippen molar-refractivity contribution in [2.45, 2.75) is 52.1 Å². The summed E-state index contributed by atoms with van der Waals surface area (Å²) in [4.78, 5) is 16.9. The standard InChI is InChI=1S/C19H28N4O.2ClH/c1-14(2)23-17-6-4-3-5-16(17)22-18(23)13-21-19(24)8-7-15-9-11-20-12-10-15;;/h3-6,14-15,20H,7-13H2,1-2H3,(H,21,24);2*1H. The normalized spacial score (nSPS) is 14.7. The summed E-state index contributed by atoms with van der Waals surface area (Å²) in [6.07, 6.45) is 3.99. The summed E-state index contributed by atoms with van der Waals surface area (Å²) in [5.74, 6) is 1.76. The number of hydrogen-bond acceptors (Lipinski definition) is 3. The SMILES string of the molecule is CC(C)n1c(CNC(=O)CCC2CCNCC2)nc2ccccc21.Cl.Cl. The highest BCUT2D eigenvalue weighted by atomic mass is 35.5. The van der Waals surface area contributed by atoms with E-state index in [0.717, 1.165) is 36.4 Å². The highest BCUT2D eigenvalue weighted by molar-refractivity contribution is 5.85. The van der Waals surface area contributed by atoms with Crippen molar-refractivity contribution >= 4 is 41.8 Å². The smallest absolute Gasteiger partial charge is 0.220 e. The molecule has 146 valence electrons. The third-order valence-corrected chi connectivity index (χ3v) is 4.87. The van der Waals surface area contributed by atoms with Crippen molar-refractivity contribution in [1.82, 2.24) is 20.2 Å². The quantitative estimate of drug-likeness (QED) is 0.773. The first-order valence-electron chi connectivity index (χ1n) is 9.08. The van der Waals surface area contributed by atoms with Gasteiger partial charge in [-0.15, -0.1) is 24.8 Å². The molecule has 2 aromatic rings. The van der Waals surface area contributed by atoms with Gasteiger partial charge in [0, 0.05) is 12.5 Å². The first kappa shape index (κ1) is 22.7. The Morgan fingerprint density at radius 2 is 1.96 bits per heavy atom. The molecule has 0 spiro atoms. The molecule has 0 radical (unpaired) electrons. The first-order valence-corrected chi connectivity index (χ1v) is 9.08. The molecule has 0 unspecified atom stereocenters. The van der Waals surface area contributed by atoms with Gasteiger partial charge in [-0.2, -0.15) is 0 Å². The summed E-state index contributed by atoms with van der Waals surface area (Å²) in [5, 5.41) is 6.42.